The minimum absolute atomic E-state index is 0.0249. The first-order chi connectivity index (χ1) is 13.1. The quantitative estimate of drug-likeness (QED) is 0.512. The van der Waals surface area contributed by atoms with Crippen molar-refractivity contribution in [3.8, 4) is 17.6 Å². The van der Waals surface area contributed by atoms with Crippen molar-refractivity contribution in [1.82, 2.24) is 24.3 Å². The Bertz CT molecular complexity index is 1060. The Kier molecular flexibility index (Phi) is 4.37. The fraction of sp³-hybridized carbons (Fsp3) is 0.294. The highest BCUT2D eigenvalue weighted by Crippen LogP contribution is 2.23. The zero-order valence-electron chi connectivity index (χ0n) is 14.3. The van der Waals surface area contributed by atoms with Crippen molar-refractivity contribution in [2.24, 2.45) is 0 Å². The van der Waals surface area contributed by atoms with Crippen molar-refractivity contribution >= 4 is 5.69 Å². The molecule has 3 heterocycles. The molecule has 2 aromatic heterocycles. The summed E-state index contributed by atoms with van der Waals surface area (Å²) in [5.41, 5.74) is -0.343. The molecule has 4 rings (SSSR count). The fourth-order valence-electron chi connectivity index (χ4n) is 2.99. The molecule has 0 saturated heterocycles. The molecule has 10 heteroatoms. The molecule has 1 aromatic carbocycles. The predicted molar refractivity (Wildman–Crippen MR) is 94.1 cm³/mol. The molecule has 3 aromatic rings. The number of ether oxygens (including phenoxy) is 1. The van der Waals surface area contributed by atoms with Crippen LogP contribution in [-0.2, 0) is 13.0 Å². The monoisotopic (exact) mass is 368 g/mol. The largest absolute Gasteiger partial charge is 0.424 e. The number of benzene rings is 1. The van der Waals surface area contributed by atoms with Gasteiger partial charge in [-0.3, -0.25) is 14.7 Å². The van der Waals surface area contributed by atoms with Crippen molar-refractivity contribution in [3.05, 3.63) is 63.0 Å². The van der Waals surface area contributed by atoms with Crippen LogP contribution in [0.1, 0.15) is 25.1 Å². The van der Waals surface area contributed by atoms with Crippen molar-refractivity contribution in [3.63, 3.8) is 0 Å². The van der Waals surface area contributed by atoms with E-state index in [2.05, 4.69) is 15.1 Å². The van der Waals surface area contributed by atoms with Gasteiger partial charge in [-0.15, -0.1) is 5.10 Å². The number of nitro benzene ring substituents is 1. The van der Waals surface area contributed by atoms with Crippen LogP contribution in [-0.4, -0.2) is 29.2 Å². The third-order valence-electron chi connectivity index (χ3n) is 4.29. The molecule has 0 atom stereocenters. The average molecular weight is 368 g/mol. The van der Waals surface area contributed by atoms with Crippen molar-refractivity contribution < 1.29 is 9.66 Å². The van der Waals surface area contributed by atoms with Crippen LogP contribution in [0, 0.1) is 10.1 Å². The molecule has 0 bridgehead atoms. The summed E-state index contributed by atoms with van der Waals surface area (Å²) in [6, 6.07) is 7.25. The van der Waals surface area contributed by atoms with E-state index in [1.807, 2.05) is 0 Å². The van der Waals surface area contributed by atoms with Crippen LogP contribution in [0.3, 0.4) is 0 Å². The fourth-order valence-corrected chi connectivity index (χ4v) is 2.99. The van der Waals surface area contributed by atoms with E-state index >= 15 is 0 Å². The molecule has 1 aliphatic heterocycles. The Hall–Kier alpha value is -3.56. The molecule has 0 fully saturated rings. The lowest BCUT2D eigenvalue weighted by atomic mass is 10.2. The lowest BCUT2D eigenvalue weighted by molar-refractivity contribution is -0.384. The van der Waals surface area contributed by atoms with E-state index < -0.39 is 4.92 Å². The van der Waals surface area contributed by atoms with E-state index in [0.29, 0.717) is 6.54 Å². The van der Waals surface area contributed by atoms with Crippen LogP contribution in [0.25, 0.3) is 5.82 Å². The number of nitrogens with zero attached hydrogens (tertiary/aromatic N) is 6. The van der Waals surface area contributed by atoms with Crippen molar-refractivity contribution in [1.29, 1.82) is 0 Å². The Morgan fingerprint density at radius 3 is 2.93 bits per heavy atom. The normalized spacial score (nSPS) is 13.6. The van der Waals surface area contributed by atoms with E-state index in [-0.39, 0.29) is 29.0 Å². The summed E-state index contributed by atoms with van der Waals surface area (Å²) in [7, 11) is 0. The highest BCUT2D eigenvalue weighted by atomic mass is 16.6. The maximum absolute atomic E-state index is 12.6. The number of non-ortho nitro benzene ring substituents is 1. The summed E-state index contributed by atoms with van der Waals surface area (Å²) in [6.07, 6.45) is 5.23. The van der Waals surface area contributed by atoms with Crippen LogP contribution >= 0.6 is 0 Å². The third kappa shape index (κ3) is 3.41. The molecular formula is C17H16N6O4. The van der Waals surface area contributed by atoms with Gasteiger partial charge in [-0.1, -0.05) is 12.5 Å². The van der Waals surface area contributed by atoms with Gasteiger partial charge in [0.1, 0.15) is 11.6 Å². The smallest absolute Gasteiger partial charge is 0.352 e. The average Bonchev–Trinajstić information content (AvgIpc) is 2.83. The minimum Gasteiger partial charge on any atom is -0.424 e. The number of hydrogen-bond donors (Lipinski definition) is 0. The molecule has 138 valence electrons. The molecule has 27 heavy (non-hydrogen) atoms. The Labute approximate surface area is 153 Å². The van der Waals surface area contributed by atoms with Gasteiger partial charge < -0.3 is 4.74 Å². The number of fused-ring (bicyclic) bond motifs is 1. The number of hydrogen-bond acceptors (Lipinski definition) is 7. The molecular weight excluding hydrogens is 352 g/mol. The number of nitro groups is 1. The van der Waals surface area contributed by atoms with Crippen LogP contribution in [0.5, 0.6) is 11.8 Å². The number of rotatable bonds is 4. The Balaban J connectivity index is 1.65. The number of aryl methyl sites for hydroxylation is 1. The van der Waals surface area contributed by atoms with Gasteiger partial charge in [0.25, 0.3) is 5.69 Å². The number of aromatic nitrogens is 5. The van der Waals surface area contributed by atoms with Crippen molar-refractivity contribution in [2.45, 2.75) is 32.2 Å². The zero-order valence-corrected chi connectivity index (χ0v) is 14.3. The van der Waals surface area contributed by atoms with E-state index in [4.69, 9.17) is 4.74 Å². The first kappa shape index (κ1) is 16.9. The lowest BCUT2D eigenvalue weighted by Crippen LogP contribution is -2.24. The molecule has 0 saturated carbocycles. The highest BCUT2D eigenvalue weighted by Gasteiger charge is 2.18. The maximum atomic E-state index is 12.6. The topological polar surface area (TPSA) is 118 Å². The molecule has 10 nitrogen and oxygen atoms in total. The molecule has 0 N–H and O–H groups in total. The third-order valence-corrected chi connectivity index (χ3v) is 4.29. The van der Waals surface area contributed by atoms with E-state index in [1.165, 1.54) is 29.1 Å². The molecule has 0 aliphatic carbocycles. The molecule has 0 spiro atoms. The maximum Gasteiger partial charge on any atom is 0.352 e. The second-order valence-electron chi connectivity index (χ2n) is 6.13. The predicted octanol–water partition coefficient (Wildman–Crippen LogP) is 2.25. The first-order valence-electron chi connectivity index (χ1n) is 8.56. The van der Waals surface area contributed by atoms with E-state index in [9.17, 15) is 14.9 Å². The van der Waals surface area contributed by atoms with Gasteiger partial charge in [0, 0.05) is 31.3 Å². The van der Waals surface area contributed by atoms with Crippen molar-refractivity contribution in [2.75, 3.05) is 0 Å². The van der Waals surface area contributed by atoms with Gasteiger partial charge in [0.2, 0.25) is 0 Å². The SMILES string of the molecule is O=c1n(-c2ccnc(Oc3cccc([N+](=O)[O-])c3)n2)nc2n1CCCCC2. The minimum atomic E-state index is -0.512. The Morgan fingerprint density at radius 2 is 2.07 bits per heavy atom. The Morgan fingerprint density at radius 1 is 1.19 bits per heavy atom. The van der Waals surface area contributed by atoms with Gasteiger partial charge >= 0.3 is 11.7 Å². The zero-order chi connectivity index (χ0) is 18.8. The van der Waals surface area contributed by atoms with Gasteiger partial charge in [0.15, 0.2) is 5.82 Å². The van der Waals surface area contributed by atoms with Gasteiger partial charge in [0.05, 0.1) is 11.0 Å². The summed E-state index contributed by atoms with van der Waals surface area (Å²) in [5.74, 6) is 1.27. The standard InChI is InChI=1S/C17H16N6O4/c24-17-21-10-3-1-2-7-15(21)20-22(17)14-8-9-18-16(19-14)27-13-6-4-5-12(11-13)23(25)26/h4-6,8-9,11H,1-3,7,10H2. The summed E-state index contributed by atoms with van der Waals surface area (Å²) in [5, 5.41) is 15.3. The molecule has 0 radical (unpaired) electrons. The molecule has 0 unspecified atom stereocenters. The van der Waals surface area contributed by atoms with Crippen LogP contribution in [0.4, 0.5) is 5.69 Å². The van der Waals surface area contributed by atoms with Crippen LogP contribution in [0.15, 0.2) is 41.3 Å². The first-order valence-corrected chi connectivity index (χ1v) is 8.56. The second kappa shape index (κ2) is 6.98. The molecule has 0 amide bonds. The van der Waals surface area contributed by atoms with Gasteiger partial charge in [-0.25, -0.2) is 9.78 Å². The lowest BCUT2D eigenvalue weighted by Gasteiger charge is -2.05. The van der Waals surface area contributed by atoms with Gasteiger partial charge in [-0.05, 0) is 18.9 Å². The van der Waals surface area contributed by atoms with Gasteiger partial charge in [-0.2, -0.15) is 9.67 Å². The summed E-state index contributed by atoms with van der Waals surface area (Å²) in [4.78, 5) is 31.2. The summed E-state index contributed by atoms with van der Waals surface area (Å²) in [6.45, 7) is 0.649. The highest BCUT2D eigenvalue weighted by molar-refractivity contribution is 5.39. The van der Waals surface area contributed by atoms with E-state index in [0.717, 1.165) is 31.5 Å². The van der Waals surface area contributed by atoms with Crippen LogP contribution < -0.4 is 10.4 Å². The van der Waals surface area contributed by atoms with E-state index in [1.54, 1.807) is 16.7 Å². The molecule has 1 aliphatic rings. The van der Waals surface area contributed by atoms with Crippen LogP contribution in [0.2, 0.25) is 0 Å². The second-order valence-corrected chi connectivity index (χ2v) is 6.13. The summed E-state index contributed by atoms with van der Waals surface area (Å²) >= 11 is 0. The summed E-state index contributed by atoms with van der Waals surface area (Å²) < 4.78 is 8.43.